The minimum absolute atomic E-state index is 0.0509. The standard InChI is InChI=1S/C9H12N2O2/c1-6-8(5-12)10-11-3-4-13-7(2)9(6)11/h5,7H,3-4H2,1-2H3. The molecule has 0 bridgehead atoms. The Bertz CT molecular complexity index is 344. The number of carbonyl (C=O) groups excluding carboxylic acids is 1. The summed E-state index contributed by atoms with van der Waals surface area (Å²) in [6.45, 7) is 5.31. The summed E-state index contributed by atoms with van der Waals surface area (Å²) in [5.74, 6) is 0. The van der Waals surface area contributed by atoms with Crippen molar-refractivity contribution in [3.8, 4) is 0 Å². The molecule has 0 amide bonds. The number of nitrogens with zero attached hydrogens (tertiary/aromatic N) is 2. The molecular formula is C9H12N2O2. The quantitative estimate of drug-likeness (QED) is 0.608. The van der Waals surface area contributed by atoms with Gasteiger partial charge >= 0.3 is 0 Å². The van der Waals surface area contributed by atoms with Crippen molar-refractivity contribution in [2.75, 3.05) is 6.61 Å². The van der Waals surface area contributed by atoms with Gasteiger partial charge < -0.3 is 4.74 Å². The van der Waals surface area contributed by atoms with E-state index in [2.05, 4.69) is 5.10 Å². The second-order valence-electron chi connectivity index (χ2n) is 3.25. The predicted molar refractivity (Wildman–Crippen MR) is 46.7 cm³/mol. The van der Waals surface area contributed by atoms with Gasteiger partial charge in [-0.3, -0.25) is 9.48 Å². The zero-order valence-corrected chi connectivity index (χ0v) is 7.78. The normalized spacial score (nSPS) is 21.2. The number of fused-ring (bicyclic) bond motifs is 1. The van der Waals surface area contributed by atoms with Crippen LogP contribution in [0.2, 0.25) is 0 Å². The average molecular weight is 180 g/mol. The summed E-state index contributed by atoms with van der Waals surface area (Å²) in [6, 6.07) is 0. The van der Waals surface area contributed by atoms with Gasteiger partial charge in [0.2, 0.25) is 0 Å². The van der Waals surface area contributed by atoms with Crippen LogP contribution in [-0.4, -0.2) is 22.7 Å². The van der Waals surface area contributed by atoms with Crippen LogP contribution >= 0.6 is 0 Å². The molecule has 13 heavy (non-hydrogen) atoms. The predicted octanol–water partition coefficient (Wildman–Crippen LogP) is 1.10. The van der Waals surface area contributed by atoms with Gasteiger partial charge in [0.25, 0.3) is 0 Å². The van der Waals surface area contributed by atoms with Crippen molar-refractivity contribution in [1.29, 1.82) is 0 Å². The summed E-state index contributed by atoms with van der Waals surface area (Å²) in [7, 11) is 0. The number of ether oxygens (including phenoxy) is 1. The highest BCUT2D eigenvalue weighted by Crippen LogP contribution is 2.25. The van der Waals surface area contributed by atoms with Crippen molar-refractivity contribution in [1.82, 2.24) is 9.78 Å². The molecule has 2 heterocycles. The first-order valence-corrected chi connectivity index (χ1v) is 4.38. The van der Waals surface area contributed by atoms with Gasteiger partial charge in [0, 0.05) is 5.56 Å². The highest BCUT2D eigenvalue weighted by Gasteiger charge is 2.22. The molecule has 0 saturated carbocycles. The van der Waals surface area contributed by atoms with Crippen LogP contribution in [0.3, 0.4) is 0 Å². The molecule has 2 rings (SSSR count). The van der Waals surface area contributed by atoms with Gasteiger partial charge in [0.15, 0.2) is 6.29 Å². The number of hydrogen-bond acceptors (Lipinski definition) is 3. The molecule has 1 aromatic rings. The number of hydrogen-bond donors (Lipinski definition) is 0. The Labute approximate surface area is 76.5 Å². The lowest BCUT2D eigenvalue weighted by Gasteiger charge is -2.21. The molecule has 70 valence electrons. The van der Waals surface area contributed by atoms with E-state index in [1.165, 1.54) is 0 Å². The van der Waals surface area contributed by atoms with E-state index in [-0.39, 0.29) is 6.10 Å². The molecule has 1 unspecified atom stereocenters. The Kier molecular flexibility index (Phi) is 1.92. The van der Waals surface area contributed by atoms with Crippen LogP contribution in [0, 0.1) is 6.92 Å². The van der Waals surface area contributed by atoms with Crippen LogP contribution in [0.1, 0.15) is 34.8 Å². The smallest absolute Gasteiger partial charge is 0.170 e. The van der Waals surface area contributed by atoms with Gasteiger partial charge in [0.1, 0.15) is 5.69 Å². The fourth-order valence-corrected chi connectivity index (χ4v) is 1.78. The second-order valence-corrected chi connectivity index (χ2v) is 3.25. The van der Waals surface area contributed by atoms with Crippen molar-refractivity contribution < 1.29 is 9.53 Å². The summed E-state index contributed by atoms with van der Waals surface area (Å²) in [5, 5.41) is 4.19. The monoisotopic (exact) mass is 180 g/mol. The Hall–Kier alpha value is -1.16. The SMILES string of the molecule is Cc1c(C=O)nn2c1C(C)OCC2. The second kappa shape index (κ2) is 2.96. The lowest BCUT2D eigenvalue weighted by Crippen LogP contribution is -2.20. The van der Waals surface area contributed by atoms with Crippen LogP contribution in [0.5, 0.6) is 0 Å². The lowest BCUT2D eigenvalue weighted by molar-refractivity contribution is 0.0283. The van der Waals surface area contributed by atoms with Crippen LogP contribution in [-0.2, 0) is 11.3 Å². The Morgan fingerprint density at radius 3 is 3.08 bits per heavy atom. The molecule has 0 fully saturated rings. The lowest BCUT2D eigenvalue weighted by atomic mass is 10.1. The van der Waals surface area contributed by atoms with E-state index in [0.717, 1.165) is 24.1 Å². The number of aromatic nitrogens is 2. The molecule has 1 aliphatic rings. The molecule has 0 spiro atoms. The van der Waals surface area contributed by atoms with Crippen molar-refractivity contribution in [3.05, 3.63) is 17.0 Å². The molecule has 1 aromatic heterocycles. The van der Waals surface area contributed by atoms with Gasteiger partial charge in [-0.05, 0) is 13.8 Å². The molecule has 0 aromatic carbocycles. The number of aldehydes is 1. The Balaban J connectivity index is 2.55. The van der Waals surface area contributed by atoms with Gasteiger partial charge in [-0.15, -0.1) is 0 Å². The highest BCUT2D eigenvalue weighted by molar-refractivity contribution is 5.74. The summed E-state index contributed by atoms with van der Waals surface area (Å²) in [5.41, 5.74) is 2.52. The third kappa shape index (κ3) is 1.18. The third-order valence-electron chi connectivity index (χ3n) is 2.44. The fourth-order valence-electron chi connectivity index (χ4n) is 1.78. The Morgan fingerprint density at radius 1 is 1.69 bits per heavy atom. The van der Waals surface area contributed by atoms with E-state index < -0.39 is 0 Å². The van der Waals surface area contributed by atoms with E-state index >= 15 is 0 Å². The average Bonchev–Trinajstić information content (AvgIpc) is 2.44. The van der Waals surface area contributed by atoms with E-state index in [0.29, 0.717) is 12.3 Å². The first kappa shape index (κ1) is 8.44. The minimum Gasteiger partial charge on any atom is -0.370 e. The molecule has 1 aliphatic heterocycles. The summed E-state index contributed by atoms with van der Waals surface area (Å²) in [6.07, 6.45) is 0.850. The summed E-state index contributed by atoms with van der Waals surface area (Å²) in [4.78, 5) is 10.6. The maximum atomic E-state index is 10.6. The zero-order valence-electron chi connectivity index (χ0n) is 7.78. The number of rotatable bonds is 1. The van der Waals surface area contributed by atoms with Crippen LogP contribution < -0.4 is 0 Å². The molecule has 1 atom stereocenters. The van der Waals surface area contributed by atoms with E-state index in [4.69, 9.17) is 4.74 Å². The van der Waals surface area contributed by atoms with Gasteiger partial charge in [0.05, 0.1) is 24.9 Å². The maximum absolute atomic E-state index is 10.6. The molecule has 4 heteroatoms. The largest absolute Gasteiger partial charge is 0.370 e. The summed E-state index contributed by atoms with van der Waals surface area (Å²) >= 11 is 0. The van der Waals surface area contributed by atoms with Crippen molar-refractivity contribution in [2.24, 2.45) is 0 Å². The van der Waals surface area contributed by atoms with Gasteiger partial charge in [-0.2, -0.15) is 5.10 Å². The van der Waals surface area contributed by atoms with Crippen LogP contribution in [0.25, 0.3) is 0 Å². The van der Waals surface area contributed by atoms with E-state index in [1.807, 2.05) is 18.5 Å². The molecule has 0 aliphatic carbocycles. The van der Waals surface area contributed by atoms with Gasteiger partial charge in [-0.1, -0.05) is 0 Å². The maximum Gasteiger partial charge on any atom is 0.170 e. The topological polar surface area (TPSA) is 44.1 Å². The van der Waals surface area contributed by atoms with E-state index in [1.54, 1.807) is 0 Å². The minimum atomic E-state index is 0.0509. The molecular weight excluding hydrogens is 168 g/mol. The first-order chi connectivity index (χ1) is 6.24. The first-order valence-electron chi connectivity index (χ1n) is 4.38. The molecule has 4 nitrogen and oxygen atoms in total. The number of carbonyl (C=O) groups is 1. The highest BCUT2D eigenvalue weighted by atomic mass is 16.5. The van der Waals surface area contributed by atoms with Gasteiger partial charge in [-0.25, -0.2) is 0 Å². The van der Waals surface area contributed by atoms with Crippen molar-refractivity contribution in [2.45, 2.75) is 26.5 Å². The molecule has 0 saturated heterocycles. The van der Waals surface area contributed by atoms with Crippen LogP contribution in [0.4, 0.5) is 0 Å². The third-order valence-corrected chi connectivity index (χ3v) is 2.44. The van der Waals surface area contributed by atoms with Crippen molar-refractivity contribution in [3.63, 3.8) is 0 Å². The fraction of sp³-hybridized carbons (Fsp3) is 0.556. The Morgan fingerprint density at radius 2 is 2.46 bits per heavy atom. The molecule has 0 N–H and O–H groups in total. The van der Waals surface area contributed by atoms with Crippen LogP contribution in [0.15, 0.2) is 0 Å². The molecule has 0 radical (unpaired) electrons. The summed E-state index contributed by atoms with van der Waals surface area (Å²) < 4.78 is 7.33. The zero-order chi connectivity index (χ0) is 9.42. The van der Waals surface area contributed by atoms with Crippen molar-refractivity contribution >= 4 is 6.29 Å². The van der Waals surface area contributed by atoms with E-state index in [9.17, 15) is 4.79 Å².